The molecule has 3 heterocycles. The molecule has 0 amide bonds. The first-order valence-corrected chi connectivity index (χ1v) is 14.4. The van der Waals surface area contributed by atoms with Crippen molar-refractivity contribution in [1.29, 1.82) is 0 Å². The highest BCUT2D eigenvalue weighted by atomic mass is 35.5. The maximum Gasteiger partial charge on any atom is 0.346 e. The molecular formula is C30H29Cl2N3O3S. The molecule has 0 spiro atoms. The average molecular weight is 583 g/mol. The molecule has 5 rings (SSSR count). The molecule has 1 aromatic heterocycles. The molecule has 0 aliphatic carbocycles. The summed E-state index contributed by atoms with van der Waals surface area (Å²) >= 11 is 14.0. The maximum absolute atomic E-state index is 13.0. The van der Waals surface area contributed by atoms with Gasteiger partial charge in [-0.3, -0.25) is 0 Å². The summed E-state index contributed by atoms with van der Waals surface area (Å²) < 4.78 is 11.8. The van der Waals surface area contributed by atoms with Crippen LogP contribution in [0, 0.1) is 5.92 Å². The average Bonchev–Trinajstić information content (AvgIpc) is 3.41. The number of hydrogen-bond donors (Lipinski definition) is 0. The van der Waals surface area contributed by atoms with Gasteiger partial charge in [-0.1, -0.05) is 79.5 Å². The Bertz CT molecular complexity index is 1440. The Labute approximate surface area is 243 Å². The van der Waals surface area contributed by atoms with E-state index in [4.69, 9.17) is 37.7 Å². The molecule has 0 radical (unpaired) electrons. The van der Waals surface area contributed by atoms with Gasteiger partial charge in [-0.25, -0.2) is 14.8 Å². The number of ether oxygens (including phenoxy) is 2. The van der Waals surface area contributed by atoms with Gasteiger partial charge in [-0.2, -0.15) is 0 Å². The van der Waals surface area contributed by atoms with Crippen LogP contribution in [0.2, 0.25) is 10.2 Å². The molecule has 0 fully saturated rings. The van der Waals surface area contributed by atoms with Crippen molar-refractivity contribution in [2.45, 2.75) is 45.9 Å². The highest BCUT2D eigenvalue weighted by molar-refractivity contribution is 8.18. The number of amidine groups is 1. The second-order valence-electron chi connectivity index (χ2n) is 9.83. The summed E-state index contributed by atoms with van der Waals surface area (Å²) in [5.41, 5.74) is 2.94. The van der Waals surface area contributed by atoms with Crippen LogP contribution in [0.25, 0.3) is 0 Å². The number of fused-ring (bicyclic) bond motifs is 1. The Morgan fingerprint density at radius 2 is 1.90 bits per heavy atom. The van der Waals surface area contributed by atoms with E-state index in [1.165, 1.54) is 11.8 Å². The minimum absolute atomic E-state index is 0.0267. The van der Waals surface area contributed by atoms with Crippen molar-refractivity contribution < 1.29 is 14.3 Å². The van der Waals surface area contributed by atoms with Crippen LogP contribution < -0.4 is 4.74 Å². The highest BCUT2D eigenvalue weighted by Crippen LogP contribution is 2.57. The number of benzene rings is 2. The molecule has 0 bridgehead atoms. The third-order valence-electron chi connectivity index (χ3n) is 6.84. The normalized spacial score (nSPS) is 20.3. The molecule has 6 nitrogen and oxygen atoms in total. The van der Waals surface area contributed by atoms with Gasteiger partial charge in [0.2, 0.25) is 0 Å². The van der Waals surface area contributed by atoms with Crippen molar-refractivity contribution in [3.63, 3.8) is 0 Å². The van der Waals surface area contributed by atoms with E-state index in [0.717, 1.165) is 27.6 Å². The first-order chi connectivity index (χ1) is 18.7. The number of halogens is 2. The SMILES string of the molecule is CCOC(=O)C1=C(C(C)C)N2C(=N[C@@](C)(c3ccc(Cl)nc3)[C@H]2c2ccc(Cl)cc2OCc2ccccc2)S1. The van der Waals surface area contributed by atoms with Crippen LogP contribution >= 0.6 is 35.0 Å². The minimum atomic E-state index is -0.765. The number of allylic oxidation sites excluding steroid dienone is 1. The lowest BCUT2D eigenvalue weighted by Gasteiger charge is -2.37. The summed E-state index contributed by atoms with van der Waals surface area (Å²) in [4.78, 5) is 25.3. The Morgan fingerprint density at radius 1 is 1.13 bits per heavy atom. The van der Waals surface area contributed by atoms with Crippen LogP contribution in [0.5, 0.6) is 5.75 Å². The Balaban J connectivity index is 1.66. The van der Waals surface area contributed by atoms with Gasteiger partial charge in [0.05, 0.1) is 12.6 Å². The van der Waals surface area contributed by atoms with E-state index in [1.54, 1.807) is 12.3 Å². The molecule has 3 aromatic rings. The van der Waals surface area contributed by atoms with Gasteiger partial charge in [0.25, 0.3) is 0 Å². The molecule has 2 atom stereocenters. The number of aromatic nitrogens is 1. The molecule has 0 unspecified atom stereocenters. The highest BCUT2D eigenvalue weighted by Gasteiger charge is 2.54. The largest absolute Gasteiger partial charge is 0.488 e. The summed E-state index contributed by atoms with van der Waals surface area (Å²) in [6, 6.07) is 19.0. The first-order valence-electron chi connectivity index (χ1n) is 12.8. The number of rotatable bonds is 8. The molecule has 202 valence electrons. The Morgan fingerprint density at radius 3 is 2.56 bits per heavy atom. The summed E-state index contributed by atoms with van der Waals surface area (Å²) in [7, 11) is 0. The van der Waals surface area contributed by atoms with E-state index in [2.05, 4.69) is 30.7 Å². The monoisotopic (exact) mass is 581 g/mol. The lowest BCUT2D eigenvalue weighted by atomic mass is 9.81. The number of esters is 1. The van der Waals surface area contributed by atoms with Gasteiger partial charge < -0.3 is 14.4 Å². The van der Waals surface area contributed by atoms with E-state index in [-0.39, 0.29) is 17.9 Å². The van der Waals surface area contributed by atoms with E-state index < -0.39 is 5.54 Å². The first kappa shape index (κ1) is 27.6. The van der Waals surface area contributed by atoms with Gasteiger partial charge in [0.1, 0.15) is 28.0 Å². The maximum atomic E-state index is 13.0. The van der Waals surface area contributed by atoms with Crippen molar-refractivity contribution in [1.82, 2.24) is 9.88 Å². The lowest BCUT2D eigenvalue weighted by Crippen LogP contribution is -2.36. The minimum Gasteiger partial charge on any atom is -0.488 e. The van der Waals surface area contributed by atoms with E-state index >= 15 is 0 Å². The third-order valence-corrected chi connectivity index (χ3v) is 8.35. The van der Waals surface area contributed by atoms with Crippen molar-refractivity contribution in [3.05, 3.63) is 104 Å². The summed E-state index contributed by atoms with van der Waals surface area (Å²) in [6.07, 6.45) is 1.76. The molecule has 2 aromatic carbocycles. The Hall–Kier alpha value is -3.00. The zero-order valence-electron chi connectivity index (χ0n) is 22.2. The fourth-order valence-corrected chi connectivity index (χ4v) is 6.63. The number of carbonyl (C=O) groups is 1. The number of carbonyl (C=O) groups excluding carboxylic acids is 1. The molecule has 2 aliphatic heterocycles. The van der Waals surface area contributed by atoms with Gasteiger partial charge in [-0.05, 0) is 55.3 Å². The van der Waals surface area contributed by atoms with Crippen LogP contribution in [0.4, 0.5) is 0 Å². The van der Waals surface area contributed by atoms with Crippen LogP contribution in [0.15, 0.2) is 82.5 Å². The molecular weight excluding hydrogens is 553 g/mol. The summed E-state index contributed by atoms with van der Waals surface area (Å²) in [5.74, 6) is 0.339. The zero-order valence-corrected chi connectivity index (χ0v) is 24.5. The second kappa shape index (κ2) is 11.2. The fraction of sp³-hybridized carbons (Fsp3) is 0.300. The topological polar surface area (TPSA) is 64.0 Å². The number of thioether (sulfide) groups is 1. The molecule has 0 N–H and O–H groups in total. The van der Waals surface area contributed by atoms with Crippen molar-refractivity contribution in [2.75, 3.05) is 6.61 Å². The quantitative estimate of drug-likeness (QED) is 0.200. The molecule has 9 heteroatoms. The van der Waals surface area contributed by atoms with Crippen LogP contribution in [-0.4, -0.2) is 27.6 Å². The van der Waals surface area contributed by atoms with Gasteiger partial charge >= 0.3 is 5.97 Å². The second-order valence-corrected chi connectivity index (χ2v) is 11.6. The van der Waals surface area contributed by atoms with Gasteiger partial charge in [0.15, 0.2) is 5.17 Å². The van der Waals surface area contributed by atoms with Crippen molar-refractivity contribution >= 4 is 46.1 Å². The van der Waals surface area contributed by atoms with Crippen LogP contribution in [-0.2, 0) is 21.7 Å². The standard InChI is InChI=1S/C30H29Cl2N3O3S/c1-5-37-28(36)26-25(18(2)3)35-27(30(4,34-29(35)39-26)20-11-14-24(32)33-16-20)22-13-12-21(31)15-23(22)38-17-19-9-7-6-8-10-19/h6-16,18,27H,5,17H2,1-4H3/t27-,30+/m1/s1. The van der Waals surface area contributed by atoms with Gasteiger partial charge in [0, 0.05) is 28.0 Å². The number of aliphatic imine (C=N–C) groups is 1. The Kier molecular flexibility index (Phi) is 7.94. The predicted octanol–water partition coefficient (Wildman–Crippen LogP) is 7.77. The van der Waals surface area contributed by atoms with E-state index in [9.17, 15) is 4.79 Å². The zero-order chi connectivity index (χ0) is 27.7. The summed E-state index contributed by atoms with van der Waals surface area (Å²) in [6.45, 7) is 8.71. The summed E-state index contributed by atoms with van der Waals surface area (Å²) in [5, 5.41) is 1.71. The van der Waals surface area contributed by atoms with Crippen LogP contribution in [0.3, 0.4) is 0 Å². The van der Waals surface area contributed by atoms with E-state index in [0.29, 0.717) is 34.0 Å². The van der Waals surface area contributed by atoms with Gasteiger partial charge in [-0.15, -0.1) is 0 Å². The molecule has 0 saturated carbocycles. The fourth-order valence-electron chi connectivity index (χ4n) is 5.06. The van der Waals surface area contributed by atoms with Crippen molar-refractivity contribution in [3.8, 4) is 5.75 Å². The number of hydrogen-bond acceptors (Lipinski definition) is 7. The predicted molar refractivity (Wildman–Crippen MR) is 157 cm³/mol. The smallest absolute Gasteiger partial charge is 0.346 e. The number of nitrogens with zero attached hydrogens (tertiary/aromatic N) is 3. The lowest BCUT2D eigenvalue weighted by molar-refractivity contribution is -0.137. The number of pyridine rings is 1. The molecule has 0 saturated heterocycles. The van der Waals surface area contributed by atoms with Crippen molar-refractivity contribution in [2.24, 2.45) is 10.9 Å². The van der Waals surface area contributed by atoms with Crippen LogP contribution in [0.1, 0.15) is 50.4 Å². The molecule has 39 heavy (non-hydrogen) atoms. The molecule has 2 aliphatic rings. The third kappa shape index (κ3) is 5.28. The van der Waals surface area contributed by atoms with E-state index in [1.807, 2.05) is 61.5 Å².